The van der Waals surface area contributed by atoms with Gasteiger partial charge in [0, 0.05) is 19.9 Å². The van der Waals surface area contributed by atoms with Gasteiger partial charge in [0.15, 0.2) is 0 Å². The van der Waals surface area contributed by atoms with Crippen LogP contribution in [0.15, 0.2) is 59.0 Å². The average Bonchev–Trinajstić information content (AvgIpc) is 3.06. The Hall–Kier alpha value is -2.95. The first-order valence-corrected chi connectivity index (χ1v) is 8.29. The number of rotatable bonds is 6. The Morgan fingerprint density at radius 3 is 2.40 bits per heavy atom. The Balaban J connectivity index is 1.69. The van der Waals surface area contributed by atoms with Crippen LogP contribution in [0.1, 0.15) is 40.8 Å². The highest BCUT2D eigenvalue weighted by molar-refractivity contribution is 5.77. The topological polar surface area (TPSA) is 68.0 Å². The van der Waals surface area contributed by atoms with E-state index in [0.29, 0.717) is 18.3 Å². The number of benzene rings is 2. The van der Waals surface area contributed by atoms with E-state index in [4.69, 9.17) is 4.42 Å². The second kappa shape index (κ2) is 7.75. The van der Waals surface area contributed by atoms with Gasteiger partial charge < -0.3 is 9.73 Å². The third-order valence-electron chi connectivity index (χ3n) is 4.04. The van der Waals surface area contributed by atoms with Crippen LogP contribution in [0, 0.1) is 13.8 Å². The number of carbonyl (C=O) groups is 1. The molecule has 0 aliphatic rings. The maximum Gasteiger partial charge on any atom is 0.224 e. The summed E-state index contributed by atoms with van der Waals surface area (Å²) in [6, 6.07) is 17.9. The Morgan fingerprint density at radius 2 is 1.76 bits per heavy atom. The van der Waals surface area contributed by atoms with E-state index in [1.807, 2.05) is 61.5 Å². The van der Waals surface area contributed by atoms with E-state index < -0.39 is 0 Å². The molecule has 0 aliphatic heterocycles. The standard InChI is InChI=1S/C20H21N3O2/c1-14-8-10-16(11-9-14)13-21-19(24)12-18(17-6-4-3-5-7-17)20-23-22-15(2)25-20/h3-11,18H,12-13H2,1-2H3,(H,21,24). The Labute approximate surface area is 147 Å². The molecule has 1 heterocycles. The lowest BCUT2D eigenvalue weighted by Crippen LogP contribution is -2.25. The van der Waals surface area contributed by atoms with Gasteiger partial charge in [-0.15, -0.1) is 10.2 Å². The van der Waals surface area contributed by atoms with Gasteiger partial charge in [0.2, 0.25) is 17.7 Å². The summed E-state index contributed by atoms with van der Waals surface area (Å²) < 4.78 is 5.57. The van der Waals surface area contributed by atoms with E-state index in [1.54, 1.807) is 6.92 Å². The minimum Gasteiger partial charge on any atom is -0.425 e. The van der Waals surface area contributed by atoms with Gasteiger partial charge in [-0.2, -0.15) is 0 Å². The number of nitrogens with one attached hydrogen (secondary N) is 1. The number of nitrogens with zero attached hydrogens (tertiary/aromatic N) is 2. The first-order chi connectivity index (χ1) is 12.1. The van der Waals surface area contributed by atoms with Gasteiger partial charge >= 0.3 is 0 Å². The van der Waals surface area contributed by atoms with E-state index in [9.17, 15) is 4.79 Å². The summed E-state index contributed by atoms with van der Waals surface area (Å²) >= 11 is 0. The number of hydrogen-bond donors (Lipinski definition) is 1. The summed E-state index contributed by atoms with van der Waals surface area (Å²) in [7, 11) is 0. The van der Waals surface area contributed by atoms with Crippen LogP contribution in [0.3, 0.4) is 0 Å². The summed E-state index contributed by atoms with van der Waals surface area (Å²) in [6.45, 7) is 4.29. The summed E-state index contributed by atoms with van der Waals surface area (Å²) in [6.07, 6.45) is 0.261. The van der Waals surface area contributed by atoms with Gasteiger partial charge in [-0.1, -0.05) is 60.2 Å². The molecule has 0 bridgehead atoms. The molecule has 0 radical (unpaired) electrons. The lowest BCUT2D eigenvalue weighted by Gasteiger charge is -2.13. The highest BCUT2D eigenvalue weighted by atomic mass is 16.4. The third-order valence-corrected chi connectivity index (χ3v) is 4.04. The molecule has 1 unspecified atom stereocenters. The molecule has 1 aromatic heterocycles. The van der Waals surface area contributed by atoms with Gasteiger partial charge in [0.1, 0.15) is 0 Å². The van der Waals surface area contributed by atoms with Gasteiger partial charge in [-0.25, -0.2) is 0 Å². The molecule has 3 aromatic rings. The monoisotopic (exact) mass is 335 g/mol. The number of aryl methyl sites for hydroxylation is 2. The summed E-state index contributed by atoms with van der Waals surface area (Å²) in [5.41, 5.74) is 3.26. The van der Waals surface area contributed by atoms with Gasteiger partial charge in [0.05, 0.1) is 5.92 Å². The molecule has 1 atom stereocenters. The maximum atomic E-state index is 12.4. The van der Waals surface area contributed by atoms with Crippen LogP contribution >= 0.6 is 0 Å². The average molecular weight is 335 g/mol. The second-order valence-electron chi connectivity index (χ2n) is 6.09. The molecule has 0 aliphatic carbocycles. The van der Waals surface area contributed by atoms with E-state index in [1.165, 1.54) is 5.56 Å². The minimum atomic E-state index is -0.250. The van der Waals surface area contributed by atoms with Crippen LogP contribution in [0.2, 0.25) is 0 Å². The molecule has 0 spiro atoms. The van der Waals surface area contributed by atoms with Crippen molar-refractivity contribution in [2.45, 2.75) is 32.7 Å². The van der Waals surface area contributed by atoms with E-state index in [2.05, 4.69) is 15.5 Å². The zero-order chi connectivity index (χ0) is 17.6. The highest BCUT2D eigenvalue weighted by Gasteiger charge is 2.23. The SMILES string of the molecule is Cc1ccc(CNC(=O)CC(c2ccccc2)c2nnc(C)o2)cc1. The third kappa shape index (κ3) is 4.53. The fourth-order valence-electron chi connectivity index (χ4n) is 2.65. The number of hydrogen-bond acceptors (Lipinski definition) is 4. The molecular weight excluding hydrogens is 314 g/mol. The molecule has 3 rings (SSSR count). The van der Waals surface area contributed by atoms with Crippen LogP contribution in [0.25, 0.3) is 0 Å². The van der Waals surface area contributed by atoms with Crippen molar-refractivity contribution < 1.29 is 9.21 Å². The molecular formula is C20H21N3O2. The van der Waals surface area contributed by atoms with Gasteiger partial charge in [-0.05, 0) is 18.1 Å². The fraction of sp³-hybridized carbons (Fsp3) is 0.250. The van der Waals surface area contributed by atoms with Crippen LogP contribution < -0.4 is 5.32 Å². The lowest BCUT2D eigenvalue weighted by molar-refractivity contribution is -0.121. The quantitative estimate of drug-likeness (QED) is 0.748. The molecule has 25 heavy (non-hydrogen) atoms. The molecule has 128 valence electrons. The largest absolute Gasteiger partial charge is 0.425 e. The molecule has 1 N–H and O–H groups in total. The summed E-state index contributed by atoms with van der Waals surface area (Å²) in [4.78, 5) is 12.4. The zero-order valence-electron chi connectivity index (χ0n) is 14.4. The normalized spacial score (nSPS) is 11.9. The first-order valence-electron chi connectivity index (χ1n) is 8.29. The van der Waals surface area contributed by atoms with Gasteiger partial charge in [0.25, 0.3) is 0 Å². The first kappa shape index (κ1) is 16.9. The smallest absolute Gasteiger partial charge is 0.224 e. The highest BCUT2D eigenvalue weighted by Crippen LogP contribution is 2.26. The molecule has 0 saturated heterocycles. The second-order valence-corrected chi connectivity index (χ2v) is 6.09. The minimum absolute atomic E-state index is 0.0507. The predicted octanol–water partition coefficient (Wildman–Crippen LogP) is 3.52. The fourth-order valence-corrected chi connectivity index (χ4v) is 2.65. The van der Waals surface area contributed by atoms with Crippen molar-refractivity contribution in [3.63, 3.8) is 0 Å². The molecule has 0 saturated carbocycles. The van der Waals surface area contributed by atoms with Crippen molar-refractivity contribution in [2.75, 3.05) is 0 Å². The molecule has 0 fully saturated rings. The molecule has 1 amide bonds. The van der Waals surface area contributed by atoms with E-state index in [0.717, 1.165) is 11.1 Å². The van der Waals surface area contributed by atoms with Crippen molar-refractivity contribution in [1.82, 2.24) is 15.5 Å². The van der Waals surface area contributed by atoms with Crippen molar-refractivity contribution in [1.29, 1.82) is 0 Å². The van der Waals surface area contributed by atoms with Crippen molar-refractivity contribution in [3.8, 4) is 0 Å². The van der Waals surface area contributed by atoms with Crippen LogP contribution in [-0.4, -0.2) is 16.1 Å². The van der Waals surface area contributed by atoms with Crippen LogP contribution in [0.5, 0.6) is 0 Å². The van der Waals surface area contributed by atoms with E-state index >= 15 is 0 Å². The molecule has 5 nitrogen and oxygen atoms in total. The van der Waals surface area contributed by atoms with Crippen molar-refractivity contribution >= 4 is 5.91 Å². The van der Waals surface area contributed by atoms with E-state index in [-0.39, 0.29) is 18.2 Å². The van der Waals surface area contributed by atoms with Crippen LogP contribution in [0.4, 0.5) is 0 Å². The summed E-state index contributed by atoms with van der Waals surface area (Å²) in [5.74, 6) is 0.663. The Bertz CT molecular complexity index is 826. The van der Waals surface area contributed by atoms with Gasteiger partial charge in [-0.3, -0.25) is 4.79 Å². The number of amides is 1. The molecule has 5 heteroatoms. The van der Waals surface area contributed by atoms with Crippen molar-refractivity contribution in [2.24, 2.45) is 0 Å². The lowest BCUT2D eigenvalue weighted by atomic mass is 9.95. The van der Waals surface area contributed by atoms with Crippen molar-refractivity contribution in [3.05, 3.63) is 83.1 Å². The zero-order valence-corrected chi connectivity index (χ0v) is 14.4. The maximum absolute atomic E-state index is 12.4. The molecule has 2 aromatic carbocycles. The number of carbonyl (C=O) groups excluding carboxylic acids is 1. The predicted molar refractivity (Wildman–Crippen MR) is 95.0 cm³/mol. The Morgan fingerprint density at radius 1 is 1.04 bits per heavy atom. The summed E-state index contributed by atoms with van der Waals surface area (Å²) in [5, 5.41) is 11.0. The Kier molecular flexibility index (Phi) is 5.23. The van der Waals surface area contributed by atoms with Crippen LogP contribution in [-0.2, 0) is 11.3 Å². The number of aromatic nitrogens is 2.